The van der Waals surface area contributed by atoms with Gasteiger partial charge in [0.1, 0.15) is 5.75 Å². The third-order valence-electron chi connectivity index (χ3n) is 5.54. The highest BCUT2D eigenvalue weighted by Crippen LogP contribution is 2.30. The van der Waals surface area contributed by atoms with Crippen molar-refractivity contribution < 1.29 is 26.4 Å². The van der Waals surface area contributed by atoms with Gasteiger partial charge < -0.3 is 10.1 Å². The second-order valence-corrected chi connectivity index (χ2v) is 12.7. The maximum absolute atomic E-state index is 12.9. The van der Waals surface area contributed by atoms with E-state index in [4.69, 9.17) is 4.74 Å². The summed E-state index contributed by atoms with van der Waals surface area (Å²) in [6, 6.07) is 10.9. The number of thiazole rings is 1. The molecule has 0 saturated carbocycles. The summed E-state index contributed by atoms with van der Waals surface area (Å²) in [7, 11) is -5.46. The summed E-state index contributed by atoms with van der Waals surface area (Å²) in [5, 5.41) is 3.18. The Morgan fingerprint density at radius 2 is 1.70 bits per heavy atom. The van der Waals surface area contributed by atoms with E-state index >= 15 is 0 Å². The predicted molar refractivity (Wildman–Crippen MR) is 126 cm³/mol. The van der Waals surface area contributed by atoms with E-state index < -0.39 is 19.9 Å². The number of amides is 1. The number of carbonyl (C=O) groups excluding carboxylic acids is 1. The maximum atomic E-state index is 12.9. The Kier molecular flexibility index (Phi) is 6.45. The van der Waals surface area contributed by atoms with Crippen LogP contribution < -0.4 is 10.1 Å². The van der Waals surface area contributed by atoms with Crippen molar-refractivity contribution in [3.05, 3.63) is 42.5 Å². The number of benzene rings is 2. The Morgan fingerprint density at radius 3 is 2.30 bits per heavy atom. The van der Waals surface area contributed by atoms with Gasteiger partial charge in [-0.15, -0.1) is 0 Å². The highest BCUT2D eigenvalue weighted by molar-refractivity contribution is 7.90. The van der Waals surface area contributed by atoms with Crippen LogP contribution in [-0.2, 0) is 24.7 Å². The molecule has 1 fully saturated rings. The maximum Gasteiger partial charge on any atom is 0.243 e. The molecule has 12 heteroatoms. The number of methoxy groups -OCH3 is 1. The van der Waals surface area contributed by atoms with Crippen LogP contribution in [0.5, 0.6) is 5.75 Å². The van der Waals surface area contributed by atoms with Gasteiger partial charge in [-0.25, -0.2) is 21.8 Å². The third-order valence-corrected chi connectivity index (χ3v) is 9.50. The lowest BCUT2D eigenvalue weighted by atomic mass is 9.97. The highest BCUT2D eigenvalue weighted by Gasteiger charge is 2.32. The zero-order valence-corrected chi connectivity index (χ0v) is 20.5. The van der Waals surface area contributed by atoms with Gasteiger partial charge in [0, 0.05) is 25.3 Å². The van der Waals surface area contributed by atoms with E-state index in [-0.39, 0.29) is 34.7 Å². The molecule has 1 saturated heterocycles. The number of hydrogen-bond donors (Lipinski definition) is 1. The van der Waals surface area contributed by atoms with E-state index in [1.807, 2.05) is 0 Å². The number of carbonyl (C=O) groups is 1. The first-order chi connectivity index (χ1) is 15.6. The molecule has 2 aromatic carbocycles. The van der Waals surface area contributed by atoms with Crippen molar-refractivity contribution >= 4 is 52.5 Å². The fourth-order valence-corrected chi connectivity index (χ4v) is 6.75. The molecule has 1 aromatic heterocycles. The topological polar surface area (TPSA) is 123 Å². The van der Waals surface area contributed by atoms with E-state index in [9.17, 15) is 21.6 Å². The van der Waals surface area contributed by atoms with Gasteiger partial charge in [0.15, 0.2) is 15.0 Å². The van der Waals surface area contributed by atoms with Crippen molar-refractivity contribution in [3.8, 4) is 5.75 Å². The molecule has 1 N–H and O–H groups in total. The molecule has 0 unspecified atom stereocenters. The van der Waals surface area contributed by atoms with Crippen LogP contribution in [0.2, 0.25) is 0 Å². The molecule has 0 radical (unpaired) electrons. The first-order valence-electron chi connectivity index (χ1n) is 10.1. The summed E-state index contributed by atoms with van der Waals surface area (Å²) in [6.07, 6.45) is 1.92. The van der Waals surface area contributed by atoms with Gasteiger partial charge in [0.2, 0.25) is 15.9 Å². The fraction of sp³-hybridized carbons (Fsp3) is 0.333. The molecular weight excluding hydrogens is 486 g/mol. The molecule has 0 bridgehead atoms. The summed E-state index contributed by atoms with van der Waals surface area (Å²) in [5.74, 6) is 0.0107. The van der Waals surface area contributed by atoms with Crippen LogP contribution in [0.15, 0.2) is 52.3 Å². The number of hydrogen-bond acceptors (Lipinski definition) is 8. The van der Waals surface area contributed by atoms with Crippen molar-refractivity contribution in [3.63, 3.8) is 0 Å². The molecule has 0 spiro atoms. The van der Waals surface area contributed by atoms with Crippen molar-refractivity contribution in [1.29, 1.82) is 0 Å². The zero-order chi connectivity index (χ0) is 23.8. The summed E-state index contributed by atoms with van der Waals surface area (Å²) in [6.45, 7) is 0.480. The molecule has 1 aliphatic rings. The average molecular weight is 510 g/mol. The van der Waals surface area contributed by atoms with Gasteiger partial charge in [0.25, 0.3) is 0 Å². The number of sulfonamides is 1. The Hall–Kier alpha value is -2.54. The first-order valence-corrected chi connectivity index (χ1v) is 14.3. The molecule has 9 nitrogen and oxygen atoms in total. The van der Waals surface area contributed by atoms with Crippen LogP contribution in [0.4, 0.5) is 5.13 Å². The number of sulfone groups is 1. The zero-order valence-electron chi connectivity index (χ0n) is 18.0. The van der Waals surface area contributed by atoms with Gasteiger partial charge in [-0.1, -0.05) is 11.3 Å². The van der Waals surface area contributed by atoms with Crippen LogP contribution in [-0.4, -0.2) is 58.5 Å². The number of nitrogens with one attached hydrogen (secondary N) is 1. The normalized spacial score (nSPS) is 16.1. The lowest BCUT2D eigenvalue weighted by molar-refractivity contribution is -0.120. The van der Waals surface area contributed by atoms with Crippen LogP contribution >= 0.6 is 11.3 Å². The highest BCUT2D eigenvalue weighted by atomic mass is 32.2. The van der Waals surface area contributed by atoms with E-state index in [1.165, 1.54) is 41.0 Å². The van der Waals surface area contributed by atoms with E-state index in [0.29, 0.717) is 33.9 Å². The minimum absolute atomic E-state index is 0.189. The van der Waals surface area contributed by atoms with Gasteiger partial charge in [-0.05, 0) is 55.3 Å². The molecule has 1 aliphatic heterocycles. The predicted octanol–water partition coefficient (Wildman–Crippen LogP) is 2.75. The largest absolute Gasteiger partial charge is 0.497 e. The van der Waals surface area contributed by atoms with Gasteiger partial charge in [-0.3, -0.25) is 4.79 Å². The molecule has 33 heavy (non-hydrogen) atoms. The van der Waals surface area contributed by atoms with Gasteiger partial charge in [0.05, 0.1) is 27.1 Å². The van der Waals surface area contributed by atoms with Gasteiger partial charge >= 0.3 is 0 Å². The minimum Gasteiger partial charge on any atom is -0.497 e. The van der Waals surface area contributed by atoms with Crippen molar-refractivity contribution in [1.82, 2.24) is 9.29 Å². The molecule has 176 valence electrons. The monoisotopic (exact) mass is 509 g/mol. The number of anilines is 1. The Morgan fingerprint density at radius 1 is 1.06 bits per heavy atom. The van der Waals surface area contributed by atoms with Crippen LogP contribution in [0.1, 0.15) is 12.8 Å². The third kappa shape index (κ3) is 5.03. The van der Waals surface area contributed by atoms with E-state index in [2.05, 4.69) is 10.3 Å². The van der Waals surface area contributed by atoms with Crippen molar-refractivity contribution in [2.24, 2.45) is 5.92 Å². The van der Waals surface area contributed by atoms with Crippen molar-refractivity contribution in [2.75, 3.05) is 31.8 Å². The second kappa shape index (κ2) is 9.01. The number of aromatic nitrogens is 1. The molecule has 0 aliphatic carbocycles. The Balaban J connectivity index is 1.40. The van der Waals surface area contributed by atoms with Gasteiger partial charge in [-0.2, -0.15) is 4.31 Å². The number of fused-ring (bicyclic) bond motifs is 1. The van der Waals surface area contributed by atoms with Crippen LogP contribution in [0.3, 0.4) is 0 Å². The van der Waals surface area contributed by atoms with Crippen molar-refractivity contribution in [2.45, 2.75) is 22.6 Å². The van der Waals surface area contributed by atoms with Crippen LogP contribution in [0, 0.1) is 5.92 Å². The number of nitrogens with zero attached hydrogens (tertiary/aromatic N) is 2. The molecule has 3 aromatic rings. The minimum atomic E-state index is -3.64. The molecule has 2 heterocycles. The summed E-state index contributed by atoms with van der Waals surface area (Å²) < 4.78 is 56.4. The van der Waals surface area contributed by atoms with Crippen LogP contribution in [0.25, 0.3) is 10.2 Å². The molecule has 4 rings (SSSR count). The summed E-state index contributed by atoms with van der Waals surface area (Å²) >= 11 is 1.20. The standard InChI is InChI=1S/C21H23N3O6S3/c1-30-15-3-5-16(6-4-15)33(28,29)24-11-9-14(10-12-24)20(25)23-21-22-18-8-7-17(32(2,26)27)13-19(18)31-21/h3-8,13-14H,9-12H2,1-2H3,(H,22,23,25). The summed E-state index contributed by atoms with van der Waals surface area (Å²) in [4.78, 5) is 17.5. The number of ether oxygens (including phenoxy) is 1. The summed E-state index contributed by atoms with van der Waals surface area (Å²) in [5.41, 5.74) is 0.600. The Bertz CT molecular complexity index is 1390. The fourth-order valence-electron chi connectivity index (χ4n) is 3.65. The molecule has 0 atom stereocenters. The lowest BCUT2D eigenvalue weighted by Crippen LogP contribution is -2.41. The Labute approximate surface area is 196 Å². The molecule has 1 amide bonds. The van der Waals surface area contributed by atoms with E-state index in [1.54, 1.807) is 24.3 Å². The second-order valence-electron chi connectivity index (χ2n) is 7.76. The number of rotatable bonds is 6. The first kappa shape index (κ1) is 23.6. The van der Waals surface area contributed by atoms with E-state index in [0.717, 1.165) is 6.26 Å². The average Bonchev–Trinajstić information content (AvgIpc) is 3.20. The SMILES string of the molecule is COc1ccc(S(=O)(=O)N2CCC(C(=O)Nc3nc4ccc(S(C)(=O)=O)cc4s3)CC2)cc1. The number of piperidine rings is 1. The quantitative estimate of drug-likeness (QED) is 0.542. The lowest BCUT2D eigenvalue weighted by Gasteiger charge is -2.30. The smallest absolute Gasteiger partial charge is 0.243 e. The molecular formula is C21H23N3O6S3.